The van der Waals surface area contributed by atoms with E-state index in [4.69, 9.17) is 9.84 Å². The van der Waals surface area contributed by atoms with E-state index in [1.54, 1.807) is 7.05 Å². The van der Waals surface area contributed by atoms with Crippen LogP contribution < -0.4 is 4.74 Å². The number of halogens is 2. The third kappa shape index (κ3) is 7.77. The summed E-state index contributed by atoms with van der Waals surface area (Å²) < 4.78 is 34.4. The number of likely N-dealkylation sites (N-methyl/N-ethyl adjacent to an activating group) is 1. The molecule has 0 amide bonds. The van der Waals surface area contributed by atoms with Gasteiger partial charge in [-0.05, 0) is 105 Å². The van der Waals surface area contributed by atoms with E-state index in [1.165, 1.54) is 53.1 Å². The van der Waals surface area contributed by atoms with E-state index in [2.05, 4.69) is 18.2 Å². The van der Waals surface area contributed by atoms with Crippen molar-refractivity contribution in [3.63, 3.8) is 0 Å². The number of hydrogen-bond acceptors (Lipinski definition) is 4. The van der Waals surface area contributed by atoms with Crippen LogP contribution in [0.15, 0.2) is 78.5 Å². The molecule has 0 saturated heterocycles. The number of ether oxygens (including phenoxy) is 1. The molecule has 6 nitrogen and oxygen atoms in total. The second kappa shape index (κ2) is 14.9. The first-order valence-electron chi connectivity index (χ1n) is 16.4. The lowest BCUT2D eigenvalue weighted by atomic mass is 9.74. The number of carboxylic acids is 2. The van der Waals surface area contributed by atoms with Crippen molar-refractivity contribution in [1.29, 1.82) is 0 Å². The molecule has 5 rings (SSSR count). The van der Waals surface area contributed by atoms with Crippen LogP contribution in [0.25, 0.3) is 0 Å². The van der Waals surface area contributed by atoms with E-state index >= 15 is 0 Å². The summed E-state index contributed by atoms with van der Waals surface area (Å²) in [6.45, 7) is 0.409. The van der Waals surface area contributed by atoms with Gasteiger partial charge in [-0.2, -0.15) is 0 Å². The Morgan fingerprint density at radius 2 is 1.52 bits per heavy atom. The molecule has 1 saturated carbocycles. The second-order valence-corrected chi connectivity index (χ2v) is 12.7. The van der Waals surface area contributed by atoms with Gasteiger partial charge in [0.05, 0.1) is 6.08 Å². The van der Waals surface area contributed by atoms with Crippen molar-refractivity contribution in [1.82, 2.24) is 4.90 Å². The van der Waals surface area contributed by atoms with Crippen molar-refractivity contribution in [3.05, 3.63) is 112 Å². The smallest absolute Gasteiger partial charge is 0.352 e. The first-order chi connectivity index (χ1) is 22.2. The van der Waals surface area contributed by atoms with Gasteiger partial charge in [0.2, 0.25) is 0 Å². The fourth-order valence-electron chi connectivity index (χ4n) is 7.55. The number of carbonyl (C=O) groups is 2. The highest BCUT2D eigenvalue weighted by Gasteiger charge is 2.48. The van der Waals surface area contributed by atoms with Gasteiger partial charge in [-0.1, -0.05) is 49.2 Å². The summed E-state index contributed by atoms with van der Waals surface area (Å²) in [5.74, 6) is -2.05. The zero-order valence-electron chi connectivity index (χ0n) is 26.4. The van der Waals surface area contributed by atoms with E-state index in [0.29, 0.717) is 13.0 Å². The van der Waals surface area contributed by atoms with E-state index in [1.807, 2.05) is 24.3 Å². The summed E-state index contributed by atoms with van der Waals surface area (Å²) in [5.41, 5.74) is 3.93. The van der Waals surface area contributed by atoms with Crippen molar-refractivity contribution in [2.45, 2.75) is 88.1 Å². The number of aliphatic carboxylic acids is 2. The summed E-state index contributed by atoms with van der Waals surface area (Å²) in [5, 5.41) is 18.7. The molecule has 3 aromatic carbocycles. The van der Waals surface area contributed by atoms with Crippen molar-refractivity contribution >= 4 is 11.9 Å². The van der Waals surface area contributed by atoms with E-state index in [9.17, 15) is 23.5 Å². The van der Waals surface area contributed by atoms with Crippen molar-refractivity contribution < 1.29 is 33.3 Å². The number of nitrogens with zero attached hydrogens (tertiary/aromatic N) is 1. The Labute approximate surface area is 269 Å². The van der Waals surface area contributed by atoms with Crippen LogP contribution in [0.1, 0.15) is 98.3 Å². The fourth-order valence-corrected chi connectivity index (χ4v) is 7.55. The molecule has 46 heavy (non-hydrogen) atoms. The van der Waals surface area contributed by atoms with Crippen LogP contribution in [0.3, 0.4) is 0 Å². The van der Waals surface area contributed by atoms with Crippen LogP contribution in [0.4, 0.5) is 8.78 Å². The minimum atomic E-state index is -1.29. The molecule has 1 unspecified atom stereocenters. The summed E-state index contributed by atoms with van der Waals surface area (Å²) in [7, 11) is 1.62. The Morgan fingerprint density at radius 1 is 0.913 bits per heavy atom. The van der Waals surface area contributed by atoms with Gasteiger partial charge in [0.25, 0.3) is 0 Å². The molecular weight excluding hydrogens is 588 g/mol. The predicted molar refractivity (Wildman–Crippen MR) is 173 cm³/mol. The van der Waals surface area contributed by atoms with Crippen LogP contribution in [0.2, 0.25) is 0 Å². The Morgan fingerprint density at radius 3 is 2.09 bits per heavy atom. The van der Waals surface area contributed by atoms with Gasteiger partial charge >= 0.3 is 11.9 Å². The van der Waals surface area contributed by atoms with E-state index in [0.717, 1.165) is 74.3 Å². The summed E-state index contributed by atoms with van der Waals surface area (Å²) in [4.78, 5) is 24.4. The molecule has 1 atom stereocenters. The number of benzene rings is 3. The zero-order chi connectivity index (χ0) is 32.7. The number of aryl methyl sites for hydroxylation is 1. The first kappa shape index (κ1) is 33.2. The quantitative estimate of drug-likeness (QED) is 0.184. The number of fused-ring (bicyclic) bond motifs is 1. The molecule has 0 bridgehead atoms. The van der Waals surface area contributed by atoms with Crippen LogP contribution in [-0.4, -0.2) is 46.2 Å². The minimum Gasteiger partial charge on any atom is -0.486 e. The standard InChI is InChI=1S/C38H43F2NO5/c1-41(33(37(44)45)25-35(42)43)24-8-12-32-36-28(10-7-13-34(36)46-38(32)22-4-2-3-5-23-38)9-6-11-31(26-14-18-29(39)19-15-26)27-16-20-30(40)21-17-27/h7,10,13-21,25,31-32H,2-6,8-9,11-12,22-24H2,1H3,(H,42,43)(H,44,45). The summed E-state index contributed by atoms with van der Waals surface area (Å²) in [6, 6.07) is 19.4. The third-order valence-electron chi connectivity index (χ3n) is 9.76. The molecule has 3 aromatic rings. The van der Waals surface area contributed by atoms with E-state index < -0.39 is 11.9 Å². The molecule has 0 aromatic heterocycles. The first-order valence-corrected chi connectivity index (χ1v) is 16.4. The summed E-state index contributed by atoms with van der Waals surface area (Å²) >= 11 is 0. The van der Waals surface area contributed by atoms with Crippen LogP contribution in [0.5, 0.6) is 5.75 Å². The highest BCUT2D eigenvalue weighted by atomic mass is 19.1. The fraction of sp³-hybridized carbons (Fsp3) is 0.421. The van der Waals surface area contributed by atoms with Crippen LogP contribution >= 0.6 is 0 Å². The second-order valence-electron chi connectivity index (χ2n) is 12.7. The van der Waals surface area contributed by atoms with Crippen LogP contribution in [-0.2, 0) is 16.0 Å². The maximum absolute atomic E-state index is 13.8. The third-order valence-corrected chi connectivity index (χ3v) is 9.76. The van der Waals surface area contributed by atoms with Gasteiger partial charge < -0.3 is 19.8 Å². The molecule has 2 aliphatic rings. The molecule has 1 aliphatic carbocycles. The van der Waals surface area contributed by atoms with Gasteiger partial charge in [0.1, 0.15) is 28.7 Å². The molecule has 8 heteroatoms. The molecule has 1 fully saturated rings. The lowest BCUT2D eigenvalue weighted by Gasteiger charge is -2.35. The molecule has 1 spiro atoms. The van der Waals surface area contributed by atoms with E-state index in [-0.39, 0.29) is 34.8 Å². The normalized spacial score (nSPS) is 17.4. The predicted octanol–water partition coefficient (Wildman–Crippen LogP) is 8.45. The van der Waals surface area contributed by atoms with Gasteiger partial charge in [0.15, 0.2) is 0 Å². The van der Waals surface area contributed by atoms with Crippen molar-refractivity contribution in [3.8, 4) is 5.75 Å². The maximum atomic E-state index is 13.8. The zero-order valence-corrected chi connectivity index (χ0v) is 26.4. The number of carboxylic acid groups (broad SMARTS) is 2. The Kier molecular flexibility index (Phi) is 10.8. The summed E-state index contributed by atoms with van der Waals surface area (Å²) in [6.07, 6.45) is 11.2. The highest BCUT2D eigenvalue weighted by molar-refractivity contribution is 5.94. The van der Waals surface area contributed by atoms with Gasteiger partial charge in [0, 0.05) is 31.0 Å². The largest absolute Gasteiger partial charge is 0.486 e. The topological polar surface area (TPSA) is 87.1 Å². The lowest BCUT2D eigenvalue weighted by Crippen LogP contribution is -2.38. The van der Waals surface area contributed by atoms with Crippen molar-refractivity contribution in [2.24, 2.45) is 0 Å². The number of rotatable bonds is 13. The SMILES string of the molecule is CN(CCCC1c2c(CCCC(c3ccc(F)cc3)c3ccc(F)cc3)cccc2OC12CCCCCC2)C(=CC(=O)O)C(=O)O. The lowest BCUT2D eigenvalue weighted by molar-refractivity contribution is -0.136. The molecule has 2 N–H and O–H groups in total. The molecule has 1 heterocycles. The Balaban J connectivity index is 1.36. The van der Waals surface area contributed by atoms with Gasteiger partial charge in [-0.3, -0.25) is 0 Å². The average Bonchev–Trinajstić information content (AvgIpc) is 3.15. The Bertz CT molecular complexity index is 1480. The molecular formula is C38H43F2NO5. The average molecular weight is 632 g/mol. The highest BCUT2D eigenvalue weighted by Crippen LogP contribution is 2.54. The monoisotopic (exact) mass is 631 g/mol. The molecule has 0 radical (unpaired) electrons. The minimum absolute atomic E-state index is 0.00367. The Hall–Kier alpha value is -4.20. The maximum Gasteiger partial charge on any atom is 0.352 e. The number of hydrogen-bond donors (Lipinski definition) is 2. The van der Waals surface area contributed by atoms with Crippen molar-refractivity contribution in [2.75, 3.05) is 13.6 Å². The van der Waals surface area contributed by atoms with Gasteiger partial charge in [-0.15, -0.1) is 0 Å². The van der Waals surface area contributed by atoms with Crippen LogP contribution in [0, 0.1) is 11.6 Å². The molecule has 244 valence electrons. The molecule has 1 aliphatic heterocycles. The van der Waals surface area contributed by atoms with Gasteiger partial charge in [-0.25, -0.2) is 18.4 Å².